The summed E-state index contributed by atoms with van der Waals surface area (Å²) in [5, 5.41) is 0. The van der Waals surface area contributed by atoms with Crippen LogP contribution in [0.3, 0.4) is 0 Å². The molecule has 2 saturated heterocycles. The average molecular weight is 401 g/mol. The predicted molar refractivity (Wildman–Crippen MR) is 113 cm³/mol. The Morgan fingerprint density at radius 2 is 2.04 bits per heavy atom. The summed E-state index contributed by atoms with van der Waals surface area (Å²) in [6.07, 6.45) is 5.55. The van der Waals surface area contributed by atoms with Crippen LogP contribution < -0.4 is 10.5 Å². The van der Waals surface area contributed by atoms with Gasteiger partial charge in [0.2, 0.25) is 0 Å². The van der Waals surface area contributed by atoms with Crippen molar-refractivity contribution in [1.82, 2.24) is 14.3 Å². The van der Waals surface area contributed by atoms with Gasteiger partial charge in [0, 0.05) is 25.8 Å². The minimum absolute atomic E-state index is 0.145. The highest BCUT2D eigenvalue weighted by Gasteiger charge is 2.32. The van der Waals surface area contributed by atoms with Gasteiger partial charge in [-0.3, -0.25) is 18.9 Å². The van der Waals surface area contributed by atoms with Crippen molar-refractivity contribution in [3.63, 3.8) is 0 Å². The molecule has 0 N–H and O–H groups in total. The molecule has 0 bridgehead atoms. The van der Waals surface area contributed by atoms with E-state index in [1.165, 1.54) is 11.8 Å². The summed E-state index contributed by atoms with van der Waals surface area (Å²) in [7, 11) is 0. The van der Waals surface area contributed by atoms with Gasteiger partial charge in [-0.25, -0.2) is 4.98 Å². The second-order valence-corrected chi connectivity index (χ2v) is 8.33. The van der Waals surface area contributed by atoms with E-state index in [2.05, 4.69) is 4.90 Å². The van der Waals surface area contributed by atoms with Crippen LogP contribution in [0.4, 0.5) is 5.82 Å². The van der Waals surface area contributed by atoms with Crippen LogP contribution in [0, 0.1) is 6.92 Å². The summed E-state index contributed by atoms with van der Waals surface area (Å²) < 4.78 is 2.09. The molecule has 2 aliphatic rings. The van der Waals surface area contributed by atoms with Gasteiger partial charge < -0.3 is 4.90 Å². The van der Waals surface area contributed by atoms with Gasteiger partial charge in [-0.05, 0) is 44.4 Å². The molecular weight excluding hydrogens is 380 g/mol. The van der Waals surface area contributed by atoms with Gasteiger partial charge in [0.25, 0.3) is 11.5 Å². The monoisotopic (exact) mass is 400 g/mol. The number of nitrogens with zero attached hydrogens (tertiary/aromatic N) is 4. The van der Waals surface area contributed by atoms with Crippen LogP contribution in [0.2, 0.25) is 0 Å². The number of anilines is 1. The number of thiocarbonyl (C=S) groups is 1. The largest absolute Gasteiger partial charge is 0.356 e. The Morgan fingerprint density at radius 1 is 1.30 bits per heavy atom. The van der Waals surface area contributed by atoms with Gasteiger partial charge >= 0.3 is 0 Å². The van der Waals surface area contributed by atoms with Gasteiger partial charge in [-0.1, -0.05) is 30.0 Å². The lowest BCUT2D eigenvalue weighted by Gasteiger charge is -2.20. The van der Waals surface area contributed by atoms with Gasteiger partial charge in [0.1, 0.15) is 15.8 Å². The summed E-state index contributed by atoms with van der Waals surface area (Å²) in [6, 6.07) is 3.78. The van der Waals surface area contributed by atoms with E-state index in [1.54, 1.807) is 21.6 Å². The van der Waals surface area contributed by atoms with Crippen LogP contribution in [-0.4, -0.2) is 44.1 Å². The van der Waals surface area contributed by atoms with Crippen molar-refractivity contribution in [2.75, 3.05) is 24.5 Å². The molecule has 0 radical (unpaired) electrons. The first-order valence-corrected chi connectivity index (χ1v) is 10.3. The minimum Gasteiger partial charge on any atom is -0.356 e. The van der Waals surface area contributed by atoms with E-state index in [-0.39, 0.29) is 11.5 Å². The lowest BCUT2D eigenvalue weighted by molar-refractivity contribution is -0.121. The fourth-order valence-corrected chi connectivity index (χ4v) is 4.87. The molecule has 0 unspecified atom stereocenters. The fourth-order valence-electron chi connectivity index (χ4n) is 3.50. The smallest absolute Gasteiger partial charge is 0.267 e. The summed E-state index contributed by atoms with van der Waals surface area (Å²) in [4.78, 5) is 34.9. The first-order valence-electron chi connectivity index (χ1n) is 9.03. The number of aromatic nitrogens is 2. The molecule has 4 rings (SSSR count). The van der Waals surface area contributed by atoms with Gasteiger partial charge in [0.15, 0.2) is 0 Å². The standard InChI is InChI=1S/C19H20N4O2S2/c1-3-22-18(25)14(27-19(22)26)11-13-16(21-8-4-5-9-21)20-15-12(2)7-6-10-23(15)17(13)24/h6-7,10-11H,3-5,8-9H2,1-2H3. The lowest BCUT2D eigenvalue weighted by Crippen LogP contribution is -2.28. The first-order chi connectivity index (χ1) is 13.0. The van der Waals surface area contributed by atoms with Crippen LogP contribution in [-0.2, 0) is 4.79 Å². The Balaban J connectivity index is 1.94. The second kappa shape index (κ2) is 7.09. The number of fused-ring (bicyclic) bond motifs is 1. The third-order valence-corrected chi connectivity index (χ3v) is 6.31. The topological polar surface area (TPSA) is 57.9 Å². The van der Waals surface area contributed by atoms with Gasteiger partial charge in [-0.2, -0.15) is 0 Å². The van der Waals surface area contributed by atoms with Gasteiger partial charge in [-0.15, -0.1) is 0 Å². The zero-order valence-electron chi connectivity index (χ0n) is 15.3. The Labute approximate surface area is 166 Å². The molecule has 0 aliphatic carbocycles. The number of rotatable bonds is 3. The van der Waals surface area contributed by atoms with E-state index in [9.17, 15) is 9.59 Å². The summed E-state index contributed by atoms with van der Waals surface area (Å²) in [5.41, 5.74) is 1.89. The normalized spacial score (nSPS) is 19.1. The summed E-state index contributed by atoms with van der Waals surface area (Å²) >= 11 is 6.54. The molecular formula is C19H20N4O2S2. The molecule has 2 fully saturated rings. The quantitative estimate of drug-likeness (QED) is 0.583. The number of carbonyl (C=O) groups is 1. The molecule has 27 heavy (non-hydrogen) atoms. The van der Waals surface area contributed by atoms with Crippen LogP contribution in [0.25, 0.3) is 11.7 Å². The molecule has 0 saturated carbocycles. The molecule has 0 atom stereocenters. The molecule has 6 nitrogen and oxygen atoms in total. The van der Waals surface area contributed by atoms with Crippen LogP contribution >= 0.6 is 24.0 Å². The van der Waals surface area contributed by atoms with Crippen LogP contribution in [0.15, 0.2) is 28.0 Å². The van der Waals surface area contributed by atoms with Crippen molar-refractivity contribution in [3.8, 4) is 0 Å². The highest BCUT2D eigenvalue weighted by Crippen LogP contribution is 2.33. The van der Waals surface area contributed by atoms with Crippen LogP contribution in [0.1, 0.15) is 30.9 Å². The maximum atomic E-state index is 13.3. The summed E-state index contributed by atoms with van der Waals surface area (Å²) in [5.74, 6) is 0.516. The zero-order valence-corrected chi connectivity index (χ0v) is 16.9. The average Bonchev–Trinajstić information content (AvgIpc) is 3.26. The third kappa shape index (κ3) is 3.06. The Bertz CT molecular complexity index is 1040. The number of likely N-dealkylation sites (N-methyl/N-ethyl adjacent to an activating group) is 1. The fraction of sp³-hybridized carbons (Fsp3) is 0.368. The lowest BCUT2D eigenvalue weighted by atomic mass is 10.2. The molecule has 2 aromatic heterocycles. The molecule has 4 heterocycles. The number of aryl methyl sites for hydroxylation is 1. The van der Waals surface area contributed by atoms with E-state index in [4.69, 9.17) is 17.2 Å². The zero-order chi connectivity index (χ0) is 19.1. The molecule has 2 aromatic rings. The highest BCUT2D eigenvalue weighted by molar-refractivity contribution is 8.26. The molecule has 0 spiro atoms. The number of hydrogen-bond donors (Lipinski definition) is 0. The van der Waals surface area contributed by atoms with Gasteiger partial charge in [0.05, 0.1) is 10.5 Å². The number of hydrogen-bond acceptors (Lipinski definition) is 6. The SMILES string of the molecule is CCN1C(=O)C(=Cc2c(N3CCCC3)nc3c(C)cccn3c2=O)SC1=S. The maximum absolute atomic E-state index is 13.3. The third-order valence-electron chi connectivity index (χ3n) is 4.94. The predicted octanol–water partition coefficient (Wildman–Crippen LogP) is 2.82. The summed E-state index contributed by atoms with van der Waals surface area (Å²) in [6.45, 7) is 6.09. The number of pyridine rings is 1. The molecule has 2 aliphatic heterocycles. The van der Waals surface area contributed by atoms with Crippen molar-refractivity contribution < 1.29 is 4.79 Å². The van der Waals surface area contributed by atoms with Crippen molar-refractivity contribution >= 4 is 51.7 Å². The molecule has 140 valence electrons. The van der Waals surface area contributed by atoms with Crippen molar-refractivity contribution in [1.29, 1.82) is 0 Å². The Hall–Kier alpha value is -2.19. The second-order valence-electron chi connectivity index (χ2n) is 6.66. The maximum Gasteiger partial charge on any atom is 0.267 e. The highest BCUT2D eigenvalue weighted by atomic mass is 32.2. The Kier molecular flexibility index (Phi) is 4.77. The Morgan fingerprint density at radius 3 is 2.70 bits per heavy atom. The minimum atomic E-state index is -0.160. The van der Waals surface area contributed by atoms with E-state index in [0.29, 0.717) is 32.8 Å². The van der Waals surface area contributed by atoms with E-state index in [1.807, 2.05) is 26.0 Å². The van der Waals surface area contributed by atoms with Crippen LogP contribution in [0.5, 0.6) is 0 Å². The number of carbonyl (C=O) groups excluding carboxylic acids is 1. The van der Waals surface area contributed by atoms with Crippen molar-refractivity contribution in [3.05, 3.63) is 44.7 Å². The van der Waals surface area contributed by atoms with E-state index >= 15 is 0 Å². The van der Waals surface area contributed by atoms with E-state index < -0.39 is 0 Å². The van der Waals surface area contributed by atoms with Crippen molar-refractivity contribution in [2.45, 2.75) is 26.7 Å². The van der Waals surface area contributed by atoms with E-state index in [0.717, 1.165) is 31.5 Å². The molecule has 8 heteroatoms. The van der Waals surface area contributed by atoms with Crippen molar-refractivity contribution in [2.24, 2.45) is 0 Å². The first kappa shape index (κ1) is 18.2. The molecule has 1 amide bonds. The number of amides is 1. The number of thioether (sulfide) groups is 1. The molecule has 0 aromatic carbocycles.